The van der Waals surface area contributed by atoms with Crippen molar-refractivity contribution < 1.29 is 12.8 Å². The van der Waals surface area contributed by atoms with E-state index in [0.717, 1.165) is 16.3 Å². The number of fused-ring (bicyclic) bond motifs is 1. The Bertz CT molecular complexity index is 1260. The molecule has 0 unspecified atom stereocenters. The van der Waals surface area contributed by atoms with Crippen LogP contribution in [-0.2, 0) is 9.84 Å². The van der Waals surface area contributed by atoms with E-state index in [-0.39, 0.29) is 21.7 Å². The van der Waals surface area contributed by atoms with E-state index < -0.39 is 9.84 Å². The van der Waals surface area contributed by atoms with Crippen molar-refractivity contribution in [3.8, 4) is 11.5 Å². The van der Waals surface area contributed by atoms with E-state index in [9.17, 15) is 8.42 Å². The molecule has 7 heteroatoms. The number of aromatic nitrogens is 1. The van der Waals surface area contributed by atoms with Crippen LogP contribution in [-0.4, -0.2) is 27.5 Å². The summed E-state index contributed by atoms with van der Waals surface area (Å²) >= 11 is 5.89. The van der Waals surface area contributed by atoms with E-state index in [4.69, 9.17) is 16.0 Å². The molecule has 0 fully saturated rings. The quantitative estimate of drug-likeness (QED) is 0.469. The first-order chi connectivity index (χ1) is 13.4. The van der Waals surface area contributed by atoms with E-state index in [1.165, 1.54) is 24.3 Å². The summed E-state index contributed by atoms with van der Waals surface area (Å²) in [6, 6.07) is 19.6. The SMILES string of the molecule is CN(C)c1oc(-c2cccc3ccccc23)nc1S(=O)(=O)c1ccc(Cl)cc1. The molecule has 0 aliphatic carbocycles. The topological polar surface area (TPSA) is 63.4 Å². The van der Waals surface area contributed by atoms with Gasteiger partial charge in [0.2, 0.25) is 26.6 Å². The first-order valence-electron chi connectivity index (χ1n) is 8.55. The zero-order valence-electron chi connectivity index (χ0n) is 15.3. The summed E-state index contributed by atoms with van der Waals surface area (Å²) in [4.78, 5) is 6.10. The summed E-state index contributed by atoms with van der Waals surface area (Å²) in [5, 5.41) is 2.30. The Hall–Kier alpha value is -2.83. The molecule has 0 spiro atoms. The zero-order chi connectivity index (χ0) is 19.9. The molecule has 0 saturated carbocycles. The summed E-state index contributed by atoms with van der Waals surface area (Å²) in [5.41, 5.74) is 0.735. The predicted molar refractivity (Wildman–Crippen MR) is 111 cm³/mol. The Morgan fingerprint density at radius 3 is 2.32 bits per heavy atom. The lowest BCUT2D eigenvalue weighted by atomic mass is 10.0. The van der Waals surface area contributed by atoms with E-state index in [0.29, 0.717) is 5.02 Å². The smallest absolute Gasteiger partial charge is 0.235 e. The number of hydrogen-bond acceptors (Lipinski definition) is 5. The molecular weight excluding hydrogens is 396 g/mol. The third kappa shape index (κ3) is 3.15. The first kappa shape index (κ1) is 18.5. The summed E-state index contributed by atoms with van der Waals surface area (Å²) in [5.74, 6) is 0.436. The Labute approximate surface area is 168 Å². The maximum absolute atomic E-state index is 13.2. The van der Waals surface area contributed by atoms with Gasteiger partial charge < -0.3 is 9.32 Å². The molecule has 1 heterocycles. The number of hydrogen-bond donors (Lipinski definition) is 0. The van der Waals surface area contributed by atoms with Gasteiger partial charge in [0, 0.05) is 24.7 Å². The monoisotopic (exact) mass is 412 g/mol. The summed E-state index contributed by atoms with van der Waals surface area (Å²) in [6.07, 6.45) is 0. The molecule has 0 radical (unpaired) electrons. The molecule has 28 heavy (non-hydrogen) atoms. The van der Waals surface area contributed by atoms with Crippen LogP contribution in [0.1, 0.15) is 0 Å². The number of rotatable bonds is 4. The molecule has 0 saturated heterocycles. The van der Waals surface area contributed by atoms with E-state index >= 15 is 0 Å². The van der Waals surface area contributed by atoms with Crippen molar-refractivity contribution in [1.29, 1.82) is 0 Å². The average molecular weight is 413 g/mol. The lowest BCUT2D eigenvalue weighted by Gasteiger charge is -2.10. The van der Waals surface area contributed by atoms with E-state index in [1.54, 1.807) is 19.0 Å². The summed E-state index contributed by atoms with van der Waals surface area (Å²) < 4.78 is 32.3. The van der Waals surface area contributed by atoms with Crippen molar-refractivity contribution in [3.63, 3.8) is 0 Å². The van der Waals surface area contributed by atoms with Crippen LogP contribution in [0.25, 0.3) is 22.2 Å². The van der Waals surface area contributed by atoms with Crippen LogP contribution >= 0.6 is 11.6 Å². The van der Waals surface area contributed by atoms with Gasteiger partial charge in [0.1, 0.15) is 0 Å². The minimum absolute atomic E-state index is 0.109. The molecule has 0 atom stereocenters. The second-order valence-electron chi connectivity index (χ2n) is 6.51. The largest absolute Gasteiger partial charge is 0.419 e. The molecule has 0 N–H and O–H groups in total. The van der Waals surface area contributed by atoms with Gasteiger partial charge in [-0.1, -0.05) is 48.0 Å². The molecule has 5 nitrogen and oxygen atoms in total. The molecule has 0 bridgehead atoms. The number of sulfone groups is 1. The number of anilines is 1. The fourth-order valence-electron chi connectivity index (χ4n) is 3.01. The van der Waals surface area contributed by atoms with Crippen LogP contribution in [0.2, 0.25) is 5.02 Å². The van der Waals surface area contributed by atoms with Crippen molar-refractivity contribution in [1.82, 2.24) is 4.98 Å². The maximum atomic E-state index is 13.2. The second-order valence-corrected chi connectivity index (χ2v) is 8.81. The number of oxazole rings is 1. The maximum Gasteiger partial charge on any atom is 0.235 e. The Kier molecular flexibility index (Phi) is 4.61. The Morgan fingerprint density at radius 1 is 0.929 bits per heavy atom. The Balaban J connectivity index is 1.93. The fraction of sp³-hybridized carbons (Fsp3) is 0.0952. The van der Waals surface area contributed by atoms with Gasteiger partial charge in [0.15, 0.2) is 0 Å². The van der Waals surface area contributed by atoms with Crippen LogP contribution < -0.4 is 4.90 Å². The first-order valence-corrected chi connectivity index (χ1v) is 10.4. The predicted octanol–water partition coefficient (Wildman–Crippen LogP) is 5.05. The van der Waals surface area contributed by atoms with E-state index in [1.807, 2.05) is 42.5 Å². The van der Waals surface area contributed by atoms with Gasteiger partial charge in [-0.2, -0.15) is 4.98 Å². The molecule has 0 aliphatic heterocycles. The molecule has 3 aromatic carbocycles. The number of halogens is 1. The standard InChI is InChI=1S/C21H17ClN2O3S/c1-24(2)21-20(28(25,26)16-12-10-15(22)11-13-16)23-19(27-21)18-9-5-7-14-6-3-4-8-17(14)18/h3-13H,1-2H3. The van der Waals surface area contributed by atoms with E-state index in [2.05, 4.69) is 4.98 Å². The zero-order valence-corrected chi connectivity index (χ0v) is 16.8. The second kappa shape index (κ2) is 6.96. The number of nitrogens with zero attached hydrogens (tertiary/aromatic N) is 2. The molecule has 0 aliphatic rings. The summed E-state index contributed by atoms with van der Waals surface area (Å²) in [7, 11) is -0.444. The highest BCUT2D eigenvalue weighted by atomic mass is 35.5. The lowest BCUT2D eigenvalue weighted by Crippen LogP contribution is -2.13. The van der Waals surface area contributed by atoms with Crippen LogP contribution in [0.4, 0.5) is 5.88 Å². The normalized spacial score (nSPS) is 11.7. The third-order valence-corrected chi connectivity index (χ3v) is 6.30. The fourth-order valence-corrected chi connectivity index (χ4v) is 4.51. The number of benzene rings is 3. The van der Waals surface area contributed by atoms with Crippen LogP contribution in [0.5, 0.6) is 0 Å². The highest BCUT2D eigenvalue weighted by Gasteiger charge is 2.29. The third-order valence-electron chi connectivity index (χ3n) is 4.38. The van der Waals surface area contributed by atoms with Gasteiger partial charge in [0.25, 0.3) is 0 Å². The molecule has 1 aromatic heterocycles. The molecule has 4 rings (SSSR count). The van der Waals surface area contributed by atoms with Gasteiger partial charge in [-0.25, -0.2) is 8.42 Å². The molecule has 0 amide bonds. The molecule has 4 aromatic rings. The average Bonchev–Trinajstić information content (AvgIpc) is 3.14. The van der Waals surface area contributed by atoms with Gasteiger partial charge >= 0.3 is 0 Å². The van der Waals surface area contributed by atoms with Crippen molar-refractivity contribution >= 4 is 38.1 Å². The highest BCUT2D eigenvalue weighted by molar-refractivity contribution is 7.91. The van der Waals surface area contributed by atoms with Crippen LogP contribution in [0, 0.1) is 0 Å². The minimum Gasteiger partial charge on any atom is -0.419 e. The van der Waals surface area contributed by atoms with Crippen molar-refractivity contribution in [2.45, 2.75) is 9.92 Å². The van der Waals surface area contributed by atoms with Gasteiger partial charge in [-0.15, -0.1) is 0 Å². The van der Waals surface area contributed by atoms with Gasteiger partial charge in [-0.3, -0.25) is 0 Å². The van der Waals surface area contributed by atoms with Crippen molar-refractivity contribution in [3.05, 3.63) is 71.8 Å². The van der Waals surface area contributed by atoms with Crippen LogP contribution in [0.3, 0.4) is 0 Å². The van der Waals surface area contributed by atoms with Crippen LogP contribution in [0.15, 0.2) is 81.1 Å². The highest BCUT2D eigenvalue weighted by Crippen LogP contribution is 2.36. The van der Waals surface area contributed by atoms with Gasteiger partial charge in [-0.05, 0) is 41.1 Å². The van der Waals surface area contributed by atoms with Crippen molar-refractivity contribution in [2.75, 3.05) is 19.0 Å². The molecular formula is C21H17ClN2O3S. The molecule has 142 valence electrons. The van der Waals surface area contributed by atoms with Gasteiger partial charge in [0.05, 0.1) is 4.90 Å². The van der Waals surface area contributed by atoms with Crippen molar-refractivity contribution in [2.24, 2.45) is 0 Å². The minimum atomic E-state index is -3.88. The lowest BCUT2D eigenvalue weighted by molar-refractivity contribution is 0.564. The summed E-state index contributed by atoms with van der Waals surface area (Å²) in [6.45, 7) is 0. The Morgan fingerprint density at radius 2 is 1.61 bits per heavy atom.